The first kappa shape index (κ1) is 15.5. The van der Waals surface area contributed by atoms with Gasteiger partial charge in [-0.1, -0.05) is 38.8 Å². The maximum absolute atomic E-state index is 5.98. The Hall–Kier alpha value is -0.870. The number of hydrogen-bond donors (Lipinski definition) is 1. The fourth-order valence-corrected chi connectivity index (χ4v) is 2.72. The second-order valence-corrected chi connectivity index (χ2v) is 6.42. The molecule has 2 unspecified atom stereocenters. The molecular weight excluding hydrogens is 252 g/mol. The molecule has 1 saturated carbocycles. The summed E-state index contributed by atoms with van der Waals surface area (Å²) in [5.41, 5.74) is 0.959. The van der Waals surface area contributed by atoms with Crippen LogP contribution < -0.4 is 5.32 Å². The first-order valence-electron chi connectivity index (χ1n) is 7.92. The van der Waals surface area contributed by atoms with E-state index in [1.54, 1.807) is 0 Å². The van der Waals surface area contributed by atoms with Crippen LogP contribution in [0.3, 0.4) is 0 Å². The molecule has 0 saturated heterocycles. The smallest absolute Gasteiger partial charge is 0.162 e. The molecule has 1 aromatic rings. The van der Waals surface area contributed by atoms with E-state index in [2.05, 4.69) is 31.2 Å². The van der Waals surface area contributed by atoms with Gasteiger partial charge in [0, 0.05) is 12.6 Å². The SMILES string of the molecule is CC(C)CNCc1cc(COC2CCCCC2C)on1. The summed E-state index contributed by atoms with van der Waals surface area (Å²) in [7, 11) is 0. The zero-order valence-corrected chi connectivity index (χ0v) is 13.0. The van der Waals surface area contributed by atoms with Crippen molar-refractivity contribution >= 4 is 0 Å². The summed E-state index contributed by atoms with van der Waals surface area (Å²) in [5.74, 6) is 2.15. The second kappa shape index (κ2) is 7.79. The van der Waals surface area contributed by atoms with Crippen LogP contribution in [0.1, 0.15) is 57.9 Å². The molecular formula is C16H28N2O2. The molecule has 114 valence electrons. The van der Waals surface area contributed by atoms with E-state index in [4.69, 9.17) is 9.26 Å². The summed E-state index contributed by atoms with van der Waals surface area (Å²) in [6, 6.07) is 2.00. The first-order valence-corrected chi connectivity index (χ1v) is 7.92. The third-order valence-corrected chi connectivity index (χ3v) is 3.94. The van der Waals surface area contributed by atoms with Crippen LogP contribution in [-0.4, -0.2) is 17.8 Å². The topological polar surface area (TPSA) is 47.3 Å². The predicted molar refractivity (Wildman–Crippen MR) is 79.3 cm³/mol. The lowest BCUT2D eigenvalue weighted by molar-refractivity contribution is -0.0235. The van der Waals surface area contributed by atoms with Gasteiger partial charge in [0.25, 0.3) is 0 Å². The van der Waals surface area contributed by atoms with E-state index < -0.39 is 0 Å². The van der Waals surface area contributed by atoms with Gasteiger partial charge in [-0.15, -0.1) is 0 Å². The summed E-state index contributed by atoms with van der Waals surface area (Å²) in [5, 5.41) is 7.44. The highest BCUT2D eigenvalue weighted by Crippen LogP contribution is 2.27. The number of nitrogens with zero attached hydrogens (tertiary/aromatic N) is 1. The van der Waals surface area contributed by atoms with Crippen molar-refractivity contribution in [2.45, 2.75) is 65.7 Å². The third kappa shape index (κ3) is 4.91. The number of rotatable bonds is 7. The van der Waals surface area contributed by atoms with Gasteiger partial charge in [0.05, 0.1) is 11.8 Å². The monoisotopic (exact) mass is 280 g/mol. The van der Waals surface area contributed by atoms with Crippen LogP contribution in [0.5, 0.6) is 0 Å². The van der Waals surface area contributed by atoms with Crippen LogP contribution in [0.15, 0.2) is 10.6 Å². The molecule has 1 aliphatic rings. The second-order valence-electron chi connectivity index (χ2n) is 6.42. The molecule has 1 fully saturated rings. The van der Waals surface area contributed by atoms with Gasteiger partial charge in [-0.05, 0) is 31.2 Å². The molecule has 2 rings (SSSR count). The molecule has 0 spiro atoms. The van der Waals surface area contributed by atoms with Gasteiger partial charge in [-0.2, -0.15) is 0 Å². The van der Waals surface area contributed by atoms with Crippen LogP contribution in [-0.2, 0) is 17.9 Å². The van der Waals surface area contributed by atoms with Crippen LogP contribution >= 0.6 is 0 Å². The van der Waals surface area contributed by atoms with Crippen molar-refractivity contribution in [2.24, 2.45) is 11.8 Å². The largest absolute Gasteiger partial charge is 0.370 e. The lowest BCUT2D eigenvalue weighted by Crippen LogP contribution is -2.25. The molecule has 2 atom stereocenters. The predicted octanol–water partition coefficient (Wildman–Crippen LogP) is 3.52. The minimum absolute atomic E-state index is 0.386. The van der Waals surface area contributed by atoms with E-state index in [1.165, 1.54) is 25.7 Å². The van der Waals surface area contributed by atoms with Gasteiger partial charge < -0.3 is 14.6 Å². The average molecular weight is 280 g/mol. The Kier molecular flexibility index (Phi) is 6.05. The molecule has 4 heteroatoms. The van der Waals surface area contributed by atoms with Crippen LogP contribution in [0.4, 0.5) is 0 Å². The number of ether oxygens (including phenoxy) is 1. The Bertz CT molecular complexity index is 390. The van der Waals surface area contributed by atoms with Gasteiger partial charge in [-0.3, -0.25) is 0 Å². The van der Waals surface area contributed by atoms with Crippen molar-refractivity contribution in [1.82, 2.24) is 10.5 Å². The van der Waals surface area contributed by atoms with Crippen LogP contribution in [0, 0.1) is 11.8 Å². The Morgan fingerprint density at radius 2 is 2.20 bits per heavy atom. The van der Waals surface area contributed by atoms with E-state index in [0.29, 0.717) is 24.5 Å². The fourth-order valence-electron chi connectivity index (χ4n) is 2.72. The Morgan fingerprint density at radius 1 is 1.40 bits per heavy atom. The van der Waals surface area contributed by atoms with Crippen LogP contribution in [0.25, 0.3) is 0 Å². The summed E-state index contributed by atoms with van der Waals surface area (Å²) in [6.07, 6.45) is 5.48. The summed E-state index contributed by atoms with van der Waals surface area (Å²) < 4.78 is 11.3. The first-order chi connectivity index (χ1) is 9.65. The molecule has 1 N–H and O–H groups in total. The van der Waals surface area contributed by atoms with Crippen molar-refractivity contribution in [3.63, 3.8) is 0 Å². The molecule has 20 heavy (non-hydrogen) atoms. The van der Waals surface area contributed by atoms with Gasteiger partial charge in [0.2, 0.25) is 0 Å². The number of hydrogen-bond acceptors (Lipinski definition) is 4. The van der Waals surface area contributed by atoms with Gasteiger partial charge in [0.15, 0.2) is 5.76 Å². The van der Waals surface area contributed by atoms with E-state index in [1.807, 2.05) is 6.07 Å². The van der Waals surface area contributed by atoms with E-state index in [-0.39, 0.29) is 0 Å². The van der Waals surface area contributed by atoms with E-state index in [0.717, 1.165) is 24.5 Å². The maximum atomic E-state index is 5.98. The van der Waals surface area contributed by atoms with Crippen molar-refractivity contribution < 1.29 is 9.26 Å². The molecule has 1 aromatic heterocycles. The van der Waals surface area contributed by atoms with Crippen LogP contribution in [0.2, 0.25) is 0 Å². The maximum Gasteiger partial charge on any atom is 0.162 e. The highest BCUT2D eigenvalue weighted by Gasteiger charge is 2.22. The Morgan fingerprint density at radius 3 is 2.95 bits per heavy atom. The minimum Gasteiger partial charge on any atom is -0.370 e. The zero-order valence-electron chi connectivity index (χ0n) is 13.0. The molecule has 0 bridgehead atoms. The van der Waals surface area contributed by atoms with Gasteiger partial charge in [-0.25, -0.2) is 0 Å². The summed E-state index contributed by atoms with van der Waals surface area (Å²) in [4.78, 5) is 0. The van der Waals surface area contributed by atoms with Gasteiger partial charge >= 0.3 is 0 Å². The third-order valence-electron chi connectivity index (χ3n) is 3.94. The Labute approximate surface area is 122 Å². The normalized spacial score (nSPS) is 23.4. The lowest BCUT2D eigenvalue weighted by Gasteiger charge is -2.28. The average Bonchev–Trinajstić information content (AvgIpc) is 2.85. The molecule has 0 aromatic carbocycles. The highest BCUT2D eigenvalue weighted by molar-refractivity contribution is 5.04. The molecule has 1 aliphatic carbocycles. The fraction of sp³-hybridized carbons (Fsp3) is 0.812. The van der Waals surface area contributed by atoms with Crippen molar-refractivity contribution in [3.05, 3.63) is 17.5 Å². The van der Waals surface area contributed by atoms with Crippen molar-refractivity contribution in [3.8, 4) is 0 Å². The van der Waals surface area contributed by atoms with Crippen molar-refractivity contribution in [2.75, 3.05) is 6.54 Å². The number of nitrogens with one attached hydrogen (secondary N) is 1. The van der Waals surface area contributed by atoms with Crippen molar-refractivity contribution in [1.29, 1.82) is 0 Å². The molecule has 0 radical (unpaired) electrons. The number of aromatic nitrogens is 1. The molecule has 4 nitrogen and oxygen atoms in total. The standard InChI is InChI=1S/C16H28N2O2/c1-12(2)9-17-10-14-8-15(20-18-14)11-19-16-7-5-4-6-13(16)3/h8,12-13,16-17H,4-7,9-11H2,1-3H3. The minimum atomic E-state index is 0.386. The van der Waals surface area contributed by atoms with Gasteiger partial charge in [0.1, 0.15) is 6.61 Å². The summed E-state index contributed by atoms with van der Waals surface area (Å²) >= 11 is 0. The highest BCUT2D eigenvalue weighted by atomic mass is 16.5. The zero-order chi connectivity index (χ0) is 14.4. The molecule has 0 amide bonds. The quantitative estimate of drug-likeness (QED) is 0.830. The van der Waals surface area contributed by atoms with E-state index in [9.17, 15) is 0 Å². The molecule has 0 aliphatic heterocycles. The summed E-state index contributed by atoms with van der Waals surface area (Å²) in [6.45, 7) is 8.98. The molecule has 1 heterocycles. The Balaban J connectivity index is 1.72. The van der Waals surface area contributed by atoms with E-state index >= 15 is 0 Å². The lowest BCUT2D eigenvalue weighted by atomic mass is 9.88.